The van der Waals surface area contributed by atoms with Gasteiger partial charge in [-0.05, 0) is 68.7 Å². The molecule has 2 aromatic carbocycles. The van der Waals surface area contributed by atoms with Crippen molar-refractivity contribution < 1.29 is 9.47 Å². The summed E-state index contributed by atoms with van der Waals surface area (Å²) in [5.41, 5.74) is 2.37. The Balaban J connectivity index is 1.74. The Morgan fingerprint density at radius 1 is 0.800 bits per heavy atom. The second-order valence-electron chi connectivity index (χ2n) is 7.84. The van der Waals surface area contributed by atoms with E-state index in [1.807, 2.05) is 24.3 Å². The van der Waals surface area contributed by atoms with Crippen molar-refractivity contribution in [3.63, 3.8) is 0 Å². The van der Waals surface area contributed by atoms with Gasteiger partial charge in [-0.2, -0.15) is 0 Å². The lowest BCUT2D eigenvalue weighted by Gasteiger charge is -2.22. The number of ether oxygens (including phenoxy) is 2. The molecule has 0 saturated carbocycles. The Kier molecular flexibility index (Phi) is 12.0. The molecule has 0 aliphatic heterocycles. The van der Waals surface area contributed by atoms with E-state index < -0.39 is 0 Å². The van der Waals surface area contributed by atoms with Crippen LogP contribution in [0.2, 0.25) is 0 Å². The summed E-state index contributed by atoms with van der Waals surface area (Å²) in [5.74, 6) is 1.57. The largest absolute Gasteiger partial charge is 0.493 e. The summed E-state index contributed by atoms with van der Waals surface area (Å²) in [4.78, 5) is 2.62. The predicted octanol–water partition coefficient (Wildman–Crippen LogP) is 5.66. The van der Waals surface area contributed by atoms with Crippen molar-refractivity contribution in [3.8, 4) is 11.5 Å². The van der Waals surface area contributed by atoms with Crippen molar-refractivity contribution in [2.75, 3.05) is 33.3 Å². The van der Waals surface area contributed by atoms with Gasteiger partial charge < -0.3 is 19.7 Å². The Morgan fingerprint density at radius 3 is 2.17 bits per heavy atom. The highest BCUT2D eigenvalue weighted by Gasteiger charge is 2.07. The lowest BCUT2D eigenvalue weighted by atomic mass is 10.2. The molecule has 0 radical (unpaired) electrons. The quantitative estimate of drug-likeness (QED) is 0.361. The van der Waals surface area contributed by atoms with Gasteiger partial charge in [0.1, 0.15) is 6.61 Å². The molecule has 166 valence electrons. The zero-order valence-electron chi connectivity index (χ0n) is 19.2. The number of methoxy groups -OCH3 is 1. The molecule has 2 rings (SSSR count). The van der Waals surface area contributed by atoms with Crippen LogP contribution in [-0.2, 0) is 13.2 Å². The SMILES string of the molecule is CCCCN(CCCC)CCCNCc1ccc(OCc2ccccc2)c(OC)c1. The number of unbranched alkanes of at least 4 members (excludes halogenated alkanes) is 2. The number of rotatable bonds is 16. The van der Waals surface area contributed by atoms with Crippen molar-refractivity contribution >= 4 is 0 Å². The third-order valence-corrected chi connectivity index (χ3v) is 5.28. The second kappa shape index (κ2) is 14.9. The van der Waals surface area contributed by atoms with Crippen LogP contribution < -0.4 is 14.8 Å². The summed E-state index contributed by atoms with van der Waals surface area (Å²) in [7, 11) is 1.70. The average Bonchev–Trinajstić information content (AvgIpc) is 2.79. The van der Waals surface area contributed by atoms with E-state index in [-0.39, 0.29) is 0 Å². The molecule has 0 unspecified atom stereocenters. The van der Waals surface area contributed by atoms with E-state index in [9.17, 15) is 0 Å². The van der Waals surface area contributed by atoms with Gasteiger partial charge in [0.25, 0.3) is 0 Å². The summed E-state index contributed by atoms with van der Waals surface area (Å²) >= 11 is 0. The van der Waals surface area contributed by atoms with Crippen molar-refractivity contribution in [3.05, 3.63) is 59.7 Å². The van der Waals surface area contributed by atoms with Crippen LogP contribution >= 0.6 is 0 Å². The maximum absolute atomic E-state index is 5.95. The molecule has 0 heterocycles. The fourth-order valence-corrected chi connectivity index (χ4v) is 3.44. The highest BCUT2D eigenvalue weighted by molar-refractivity contribution is 5.43. The van der Waals surface area contributed by atoms with E-state index in [1.165, 1.54) is 57.3 Å². The van der Waals surface area contributed by atoms with Gasteiger partial charge >= 0.3 is 0 Å². The molecule has 0 atom stereocenters. The Hall–Kier alpha value is -2.04. The molecule has 0 saturated heterocycles. The molecular formula is C26H40N2O2. The molecule has 4 heteroatoms. The molecule has 0 aliphatic carbocycles. The van der Waals surface area contributed by atoms with Crippen LogP contribution in [0.1, 0.15) is 57.1 Å². The average molecular weight is 413 g/mol. The van der Waals surface area contributed by atoms with Gasteiger partial charge in [0.05, 0.1) is 7.11 Å². The van der Waals surface area contributed by atoms with Crippen LogP contribution in [0, 0.1) is 0 Å². The molecule has 30 heavy (non-hydrogen) atoms. The Bertz CT molecular complexity index is 683. The maximum atomic E-state index is 5.95. The normalized spacial score (nSPS) is 11.1. The zero-order valence-corrected chi connectivity index (χ0v) is 19.2. The van der Waals surface area contributed by atoms with Crippen molar-refractivity contribution in [2.24, 2.45) is 0 Å². The Labute approximate surface area is 183 Å². The standard InChI is InChI=1S/C26H40N2O2/c1-4-6-17-28(18-7-5-2)19-11-16-27-21-24-14-15-25(26(20-24)29-3)30-22-23-12-9-8-10-13-23/h8-10,12-15,20,27H,4-7,11,16-19,21-22H2,1-3H3. The van der Waals surface area contributed by atoms with Gasteiger partial charge in [0.15, 0.2) is 11.5 Å². The second-order valence-corrected chi connectivity index (χ2v) is 7.84. The first-order valence-electron chi connectivity index (χ1n) is 11.5. The van der Waals surface area contributed by atoms with Gasteiger partial charge in [-0.15, -0.1) is 0 Å². The van der Waals surface area contributed by atoms with Crippen LogP contribution in [0.15, 0.2) is 48.5 Å². The van der Waals surface area contributed by atoms with Crippen LogP contribution in [0.5, 0.6) is 11.5 Å². The van der Waals surface area contributed by atoms with Gasteiger partial charge in [0, 0.05) is 6.54 Å². The molecular weight excluding hydrogens is 372 g/mol. The summed E-state index contributed by atoms with van der Waals surface area (Å²) in [6, 6.07) is 16.4. The molecule has 0 amide bonds. The zero-order chi connectivity index (χ0) is 21.4. The highest BCUT2D eigenvalue weighted by Crippen LogP contribution is 2.28. The van der Waals surface area contributed by atoms with Crippen LogP contribution in [0.3, 0.4) is 0 Å². The smallest absolute Gasteiger partial charge is 0.161 e. The number of hydrogen-bond donors (Lipinski definition) is 1. The van der Waals surface area contributed by atoms with E-state index in [4.69, 9.17) is 9.47 Å². The molecule has 1 N–H and O–H groups in total. The van der Waals surface area contributed by atoms with Crippen molar-refractivity contribution in [2.45, 2.75) is 59.1 Å². The maximum Gasteiger partial charge on any atom is 0.161 e. The third-order valence-electron chi connectivity index (χ3n) is 5.28. The lowest BCUT2D eigenvalue weighted by Crippen LogP contribution is -2.29. The van der Waals surface area contributed by atoms with Gasteiger partial charge in [-0.1, -0.05) is 63.1 Å². The minimum Gasteiger partial charge on any atom is -0.493 e. The number of nitrogens with zero attached hydrogens (tertiary/aromatic N) is 1. The molecule has 4 nitrogen and oxygen atoms in total. The summed E-state index contributed by atoms with van der Waals surface area (Å²) in [5, 5.41) is 3.57. The van der Waals surface area contributed by atoms with Gasteiger partial charge in [-0.3, -0.25) is 0 Å². The number of benzene rings is 2. The topological polar surface area (TPSA) is 33.7 Å². The van der Waals surface area contributed by atoms with E-state index in [0.717, 1.165) is 30.2 Å². The summed E-state index contributed by atoms with van der Waals surface area (Å²) in [6.07, 6.45) is 6.33. The first kappa shape index (κ1) is 24.2. The van der Waals surface area contributed by atoms with Gasteiger partial charge in [-0.25, -0.2) is 0 Å². The van der Waals surface area contributed by atoms with Crippen LogP contribution in [0.4, 0.5) is 0 Å². The first-order valence-corrected chi connectivity index (χ1v) is 11.5. The number of hydrogen-bond acceptors (Lipinski definition) is 4. The minimum atomic E-state index is 0.543. The van der Waals surface area contributed by atoms with E-state index >= 15 is 0 Å². The van der Waals surface area contributed by atoms with E-state index in [1.54, 1.807) is 7.11 Å². The molecule has 0 aromatic heterocycles. The van der Waals surface area contributed by atoms with E-state index in [0.29, 0.717) is 6.61 Å². The van der Waals surface area contributed by atoms with Crippen molar-refractivity contribution in [1.29, 1.82) is 0 Å². The molecule has 0 spiro atoms. The summed E-state index contributed by atoms with van der Waals surface area (Å²) < 4.78 is 11.5. The Morgan fingerprint density at radius 2 is 1.50 bits per heavy atom. The molecule has 0 fully saturated rings. The fourth-order valence-electron chi connectivity index (χ4n) is 3.44. The number of nitrogens with one attached hydrogen (secondary N) is 1. The van der Waals surface area contributed by atoms with Crippen LogP contribution in [-0.4, -0.2) is 38.2 Å². The predicted molar refractivity (Wildman–Crippen MR) is 126 cm³/mol. The van der Waals surface area contributed by atoms with Crippen LogP contribution in [0.25, 0.3) is 0 Å². The molecule has 0 bridgehead atoms. The van der Waals surface area contributed by atoms with Gasteiger partial charge in [0.2, 0.25) is 0 Å². The van der Waals surface area contributed by atoms with E-state index in [2.05, 4.69) is 48.3 Å². The molecule has 2 aromatic rings. The molecule has 0 aliphatic rings. The highest BCUT2D eigenvalue weighted by atomic mass is 16.5. The lowest BCUT2D eigenvalue weighted by molar-refractivity contribution is 0.261. The summed E-state index contributed by atoms with van der Waals surface area (Å²) in [6.45, 7) is 10.6. The minimum absolute atomic E-state index is 0.543. The van der Waals surface area contributed by atoms with Crippen molar-refractivity contribution in [1.82, 2.24) is 10.2 Å². The third kappa shape index (κ3) is 9.19. The first-order chi connectivity index (χ1) is 14.8. The fraction of sp³-hybridized carbons (Fsp3) is 0.538. The monoisotopic (exact) mass is 412 g/mol.